The fourth-order valence-corrected chi connectivity index (χ4v) is 2.04. The summed E-state index contributed by atoms with van der Waals surface area (Å²) in [6.07, 6.45) is -3.61. The van der Waals surface area contributed by atoms with Crippen molar-refractivity contribution in [3.63, 3.8) is 0 Å². The summed E-state index contributed by atoms with van der Waals surface area (Å²) in [5.74, 6) is 1.04. The quantitative estimate of drug-likeness (QED) is 0.913. The minimum Gasteiger partial charge on any atom is -0.497 e. The average molecular weight is 294 g/mol. The normalized spacial score (nSPS) is 12.3. The first-order valence-electron chi connectivity index (χ1n) is 6.34. The molecule has 112 valence electrons. The van der Waals surface area contributed by atoms with E-state index in [4.69, 9.17) is 9.47 Å². The van der Waals surface area contributed by atoms with Crippen LogP contribution < -0.4 is 9.47 Å². The number of halogens is 2. The second-order valence-corrected chi connectivity index (χ2v) is 4.52. The molecular weight excluding hydrogens is 278 g/mol. The number of hydrogen-bond acceptors (Lipinski definition) is 3. The topological polar surface area (TPSA) is 38.7 Å². The highest BCUT2D eigenvalue weighted by Gasteiger charge is 2.15. The molecule has 0 aliphatic carbocycles. The molecule has 1 atom stereocenters. The van der Waals surface area contributed by atoms with Crippen LogP contribution in [0.3, 0.4) is 0 Å². The predicted octanol–water partition coefficient (Wildman–Crippen LogP) is 3.72. The Balaban J connectivity index is 2.39. The Morgan fingerprint density at radius 3 is 1.95 bits per heavy atom. The summed E-state index contributed by atoms with van der Waals surface area (Å²) < 4.78 is 35.7. The molecular formula is C16H16F2O3. The zero-order chi connectivity index (χ0) is 15.4. The summed E-state index contributed by atoms with van der Waals surface area (Å²) in [6, 6.07) is 10.7. The van der Waals surface area contributed by atoms with E-state index in [1.165, 1.54) is 32.4 Å². The predicted molar refractivity (Wildman–Crippen MR) is 75.0 cm³/mol. The smallest absolute Gasteiger partial charge is 0.263 e. The van der Waals surface area contributed by atoms with E-state index < -0.39 is 12.5 Å². The molecule has 0 fully saturated rings. The van der Waals surface area contributed by atoms with Gasteiger partial charge in [0, 0.05) is 11.6 Å². The van der Waals surface area contributed by atoms with Crippen LogP contribution in [-0.2, 0) is 0 Å². The van der Waals surface area contributed by atoms with Crippen molar-refractivity contribution < 1.29 is 23.4 Å². The number of benzene rings is 2. The Hall–Kier alpha value is -2.14. The first-order valence-corrected chi connectivity index (χ1v) is 6.34. The fraction of sp³-hybridized carbons (Fsp3) is 0.250. The molecule has 0 saturated heterocycles. The third-order valence-corrected chi connectivity index (χ3v) is 3.17. The highest BCUT2D eigenvalue weighted by molar-refractivity contribution is 5.42. The second-order valence-electron chi connectivity index (χ2n) is 4.52. The van der Waals surface area contributed by atoms with Gasteiger partial charge in [-0.2, -0.15) is 0 Å². The highest BCUT2D eigenvalue weighted by Crippen LogP contribution is 2.31. The van der Waals surface area contributed by atoms with Gasteiger partial charge in [0.2, 0.25) is 0 Å². The van der Waals surface area contributed by atoms with E-state index in [9.17, 15) is 13.9 Å². The van der Waals surface area contributed by atoms with Gasteiger partial charge in [0.1, 0.15) is 17.6 Å². The zero-order valence-corrected chi connectivity index (χ0v) is 11.7. The summed E-state index contributed by atoms with van der Waals surface area (Å²) in [7, 11) is 3.00. The molecule has 0 bridgehead atoms. The lowest BCUT2D eigenvalue weighted by Gasteiger charge is -2.15. The average Bonchev–Trinajstić information content (AvgIpc) is 2.53. The maximum Gasteiger partial charge on any atom is 0.263 e. The molecule has 0 heterocycles. The number of alkyl halides is 2. The number of methoxy groups -OCH3 is 2. The largest absolute Gasteiger partial charge is 0.497 e. The molecule has 2 aromatic carbocycles. The van der Waals surface area contributed by atoms with Gasteiger partial charge in [-0.1, -0.05) is 18.2 Å². The molecule has 3 nitrogen and oxygen atoms in total. The van der Waals surface area contributed by atoms with E-state index >= 15 is 0 Å². The van der Waals surface area contributed by atoms with Gasteiger partial charge in [-0.3, -0.25) is 0 Å². The molecule has 5 heteroatoms. The van der Waals surface area contributed by atoms with Crippen molar-refractivity contribution in [3.8, 4) is 11.5 Å². The number of rotatable bonds is 5. The third-order valence-electron chi connectivity index (χ3n) is 3.17. The Labute approximate surface area is 121 Å². The van der Waals surface area contributed by atoms with Crippen LogP contribution in [-0.4, -0.2) is 19.3 Å². The molecule has 1 N–H and O–H groups in total. The van der Waals surface area contributed by atoms with Crippen molar-refractivity contribution in [2.45, 2.75) is 12.5 Å². The Morgan fingerprint density at radius 1 is 0.857 bits per heavy atom. The van der Waals surface area contributed by atoms with Crippen molar-refractivity contribution >= 4 is 0 Å². The van der Waals surface area contributed by atoms with Gasteiger partial charge in [-0.25, -0.2) is 8.78 Å². The molecule has 1 unspecified atom stereocenters. The maximum atomic E-state index is 12.7. The molecule has 0 aromatic heterocycles. The first-order chi connectivity index (χ1) is 10.0. The maximum absolute atomic E-state index is 12.7. The van der Waals surface area contributed by atoms with Gasteiger partial charge >= 0.3 is 0 Å². The molecule has 2 aromatic rings. The van der Waals surface area contributed by atoms with Gasteiger partial charge in [0.15, 0.2) is 0 Å². The Kier molecular flexibility index (Phi) is 4.75. The van der Waals surface area contributed by atoms with Crippen LogP contribution >= 0.6 is 0 Å². The van der Waals surface area contributed by atoms with E-state index in [1.54, 1.807) is 24.3 Å². The van der Waals surface area contributed by atoms with Crippen LogP contribution in [0.25, 0.3) is 0 Å². The third kappa shape index (κ3) is 3.49. The number of hydrogen-bond donors (Lipinski definition) is 1. The standard InChI is InChI=1S/C16H16F2O3/c1-20-13-7-12(8-14(9-13)21-2)15(19)10-4-3-5-11(6-10)16(17)18/h3-9,15-16,19H,1-2H3. The first kappa shape index (κ1) is 15.3. The van der Waals surface area contributed by atoms with Crippen molar-refractivity contribution in [3.05, 3.63) is 59.2 Å². The molecule has 2 rings (SSSR count). The number of ether oxygens (including phenoxy) is 2. The van der Waals surface area contributed by atoms with Crippen LogP contribution in [0.2, 0.25) is 0 Å². The molecule has 0 aliphatic heterocycles. The van der Waals surface area contributed by atoms with Crippen molar-refractivity contribution in [1.82, 2.24) is 0 Å². The molecule has 0 spiro atoms. The monoisotopic (exact) mass is 294 g/mol. The van der Waals surface area contributed by atoms with E-state index in [2.05, 4.69) is 0 Å². The number of aliphatic hydroxyl groups is 1. The minimum atomic E-state index is -2.57. The number of aliphatic hydroxyl groups excluding tert-OH is 1. The van der Waals surface area contributed by atoms with Crippen LogP contribution in [0.1, 0.15) is 29.2 Å². The SMILES string of the molecule is COc1cc(OC)cc(C(O)c2cccc(C(F)F)c2)c1. The van der Waals surface area contributed by atoms with Crippen LogP contribution in [0.15, 0.2) is 42.5 Å². The van der Waals surface area contributed by atoms with Crippen LogP contribution in [0.4, 0.5) is 8.78 Å². The van der Waals surface area contributed by atoms with Gasteiger partial charge < -0.3 is 14.6 Å². The Bertz CT molecular complexity index is 592. The second kappa shape index (κ2) is 6.54. The lowest BCUT2D eigenvalue weighted by Crippen LogP contribution is -2.02. The fourth-order valence-electron chi connectivity index (χ4n) is 2.04. The van der Waals surface area contributed by atoms with E-state index in [1.807, 2.05) is 0 Å². The zero-order valence-electron chi connectivity index (χ0n) is 11.7. The highest BCUT2D eigenvalue weighted by atomic mass is 19.3. The lowest BCUT2D eigenvalue weighted by atomic mass is 9.99. The minimum absolute atomic E-state index is 0.124. The molecule has 0 amide bonds. The van der Waals surface area contributed by atoms with Crippen LogP contribution in [0, 0.1) is 0 Å². The molecule has 21 heavy (non-hydrogen) atoms. The van der Waals surface area contributed by atoms with Gasteiger partial charge in [0.25, 0.3) is 6.43 Å². The van der Waals surface area contributed by atoms with Crippen LogP contribution in [0.5, 0.6) is 11.5 Å². The summed E-state index contributed by atoms with van der Waals surface area (Å²) in [5, 5.41) is 10.4. The van der Waals surface area contributed by atoms with E-state index in [0.29, 0.717) is 22.6 Å². The Morgan fingerprint density at radius 2 is 1.43 bits per heavy atom. The van der Waals surface area contributed by atoms with Crippen molar-refractivity contribution in [1.29, 1.82) is 0 Å². The summed E-state index contributed by atoms with van der Waals surface area (Å²) in [5.41, 5.74) is 0.780. The summed E-state index contributed by atoms with van der Waals surface area (Å²) >= 11 is 0. The van der Waals surface area contributed by atoms with E-state index in [-0.39, 0.29) is 5.56 Å². The summed E-state index contributed by atoms with van der Waals surface area (Å²) in [4.78, 5) is 0. The molecule has 0 radical (unpaired) electrons. The van der Waals surface area contributed by atoms with Gasteiger partial charge in [0.05, 0.1) is 14.2 Å². The molecule has 0 aliphatic rings. The molecule has 0 saturated carbocycles. The lowest BCUT2D eigenvalue weighted by molar-refractivity contribution is 0.150. The van der Waals surface area contributed by atoms with E-state index in [0.717, 1.165) is 0 Å². The van der Waals surface area contributed by atoms with Crippen molar-refractivity contribution in [2.75, 3.05) is 14.2 Å². The van der Waals surface area contributed by atoms with Crippen molar-refractivity contribution in [2.24, 2.45) is 0 Å². The van der Waals surface area contributed by atoms with Gasteiger partial charge in [-0.15, -0.1) is 0 Å². The van der Waals surface area contributed by atoms with Gasteiger partial charge in [-0.05, 0) is 29.3 Å². The summed E-state index contributed by atoms with van der Waals surface area (Å²) in [6.45, 7) is 0.